The molecular weight excluding hydrogens is 404 g/mol. The van der Waals surface area contributed by atoms with Crippen LogP contribution in [0.4, 0.5) is 5.69 Å². The highest BCUT2D eigenvalue weighted by atomic mass is 16.5. The Labute approximate surface area is 193 Å². The number of benzene rings is 4. The van der Waals surface area contributed by atoms with E-state index in [1.807, 2.05) is 0 Å². The van der Waals surface area contributed by atoms with Gasteiger partial charge in [0, 0.05) is 47.4 Å². The van der Waals surface area contributed by atoms with Gasteiger partial charge in [0.05, 0.1) is 11.3 Å². The molecule has 3 nitrogen and oxygen atoms in total. The molecule has 1 aliphatic heterocycles. The van der Waals surface area contributed by atoms with Crippen molar-refractivity contribution in [3.8, 4) is 28.1 Å². The predicted molar refractivity (Wildman–Crippen MR) is 135 cm³/mol. The Morgan fingerprint density at radius 3 is 2.45 bits per heavy atom. The van der Waals surface area contributed by atoms with Crippen LogP contribution >= 0.6 is 0 Å². The highest BCUT2D eigenvalue weighted by molar-refractivity contribution is 6.01. The molecule has 7 rings (SSSR count). The number of hydrogen-bond donors (Lipinski definition) is 1. The lowest BCUT2D eigenvalue weighted by Crippen LogP contribution is -2.37. The number of hydrogen-bond acceptors (Lipinski definition) is 2. The molecule has 0 saturated carbocycles. The van der Waals surface area contributed by atoms with Crippen LogP contribution in [-0.4, -0.2) is 19.1 Å². The molecule has 160 valence electrons. The van der Waals surface area contributed by atoms with Crippen molar-refractivity contribution >= 4 is 16.6 Å². The number of nitrogens with one attached hydrogen (secondary N) is 1. The number of ether oxygens (including phenoxy) is 1. The Balaban J connectivity index is 1.69. The topological polar surface area (TPSA) is 28.3 Å². The van der Waals surface area contributed by atoms with Crippen LogP contribution < -0.4 is 9.64 Å². The molecule has 2 heterocycles. The van der Waals surface area contributed by atoms with Gasteiger partial charge >= 0.3 is 0 Å². The second-order valence-corrected chi connectivity index (χ2v) is 9.34. The summed E-state index contributed by atoms with van der Waals surface area (Å²) in [5, 5.41) is 1.20. The minimum absolute atomic E-state index is 0.702. The Bertz CT molecular complexity index is 1590. The minimum Gasteiger partial charge on any atom is -0.472 e. The van der Waals surface area contributed by atoms with E-state index in [-0.39, 0.29) is 0 Å². The number of aromatic amines is 1. The van der Waals surface area contributed by atoms with Gasteiger partial charge in [-0.15, -0.1) is 0 Å². The molecule has 1 aromatic heterocycles. The van der Waals surface area contributed by atoms with E-state index in [1.165, 1.54) is 38.8 Å². The number of aryl methyl sites for hydroxylation is 1. The summed E-state index contributed by atoms with van der Waals surface area (Å²) in [6.45, 7) is 2.16. The van der Waals surface area contributed by atoms with Gasteiger partial charge < -0.3 is 14.6 Å². The summed E-state index contributed by atoms with van der Waals surface area (Å²) in [6, 6.07) is 30.4. The van der Waals surface area contributed by atoms with Crippen LogP contribution in [0.25, 0.3) is 33.3 Å². The fourth-order valence-electron chi connectivity index (χ4n) is 5.88. The van der Waals surface area contributed by atoms with Crippen molar-refractivity contribution in [1.82, 2.24) is 4.98 Å². The van der Waals surface area contributed by atoms with Crippen LogP contribution in [0.3, 0.4) is 0 Å². The van der Waals surface area contributed by atoms with Crippen molar-refractivity contribution in [3.05, 3.63) is 107 Å². The van der Waals surface area contributed by atoms with Gasteiger partial charge in [0.25, 0.3) is 0 Å². The average Bonchev–Trinajstić information content (AvgIpc) is 3.34. The fourth-order valence-corrected chi connectivity index (χ4v) is 5.88. The molecule has 1 aliphatic carbocycles. The zero-order valence-corrected chi connectivity index (χ0v) is 18.9. The van der Waals surface area contributed by atoms with Gasteiger partial charge in [-0.25, -0.2) is 0 Å². The molecule has 1 unspecified atom stereocenters. The van der Waals surface area contributed by atoms with Gasteiger partial charge in [-0.1, -0.05) is 72.3 Å². The molecule has 2 aliphatic rings. The van der Waals surface area contributed by atoms with E-state index >= 15 is 0 Å². The van der Waals surface area contributed by atoms with E-state index in [4.69, 9.17) is 4.74 Å². The quantitative estimate of drug-likeness (QED) is 0.315. The van der Waals surface area contributed by atoms with Gasteiger partial charge in [-0.2, -0.15) is 0 Å². The molecule has 1 spiro atoms. The number of fused-ring (bicyclic) bond motifs is 11. The standard InChI is InChI=1S/C30H24N2O/c1-18-15-16-23-21(17-18)19-9-4-6-11-22(19)30(23)28-20-10-5-7-12-24(20)31-29(28)27-25(32(2)3)13-8-14-26(27)33-30/h4-17,31H,1-3H3. The Morgan fingerprint density at radius 2 is 1.58 bits per heavy atom. The van der Waals surface area contributed by atoms with Crippen LogP contribution in [0.15, 0.2) is 84.9 Å². The van der Waals surface area contributed by atoms with Gasteiger partial charge in [-0.05, 0) is 36.2 Å². The first kappa shape index (κ1) is 18.6. The molecule has 1 N–H and O–H groups in total. The zero-order valence-electron chi connectivity index (χ0n) is 18.9. The molecule has 0 bridgehead atoms. The van der Waals surface area contributed by atoms with Gasteiger partial charge in [0.2, 0.25) is 0 Å². The SMILES string of the molecule is Cc1ccc2c(c1)-c1ccccc1C21Oc2cccc(N(C)C)c2-c2[nH]c3ccccc3c21. The molecule has 1 atom stereocenters. The van der Waals surface area contributed by atoms with Crippen molar-refractivity contribution in [3.63, 3.8) is 0 Å². The number of nitrogens with zero attached hydrogens (tertiary/aromatic N) is 1. The fraction of sp³-hybridized carbons (Fsp3) is 0.133. The summed E-state index contributed by atoms with van der Waals surface area (Å²) in [7, 11) is 4.18. The highest BCUT2D eigenvalue weighted by Crippen LogP contribution is 2.61. The Kier molecular flexibility index (Phi) is 3.54. The maximum atomic E-state index is 7.21. The number of rotatable bonds is 1. The molecule has 33 heavy (non-hydrogen) atoms. The lowest BCUT2D eigenvalue weighted by atomic mass is 9.79. The summed E-state index contributed by atoms with van der Waals surface area (Å²) in [6.07, 6.45) is 0. The first-order valence-electron chi connectivity index (χ1n) is 11.4. The zero-order chi connectivity index (χ0) is 22.3. The van der Waals surface area contributed by atoms with Crippen molar-refractivity contribution in [2.75, 3.05) is 19.0 Å². The molecule has 5 aromatic rings. The average molecular weight is 429 g/mol. The highest BCUT2D eigenvalue weighted by Gasteiger charge is 2.52. The second kappa shape index (κ2) is 6.29. The molecular formula is C30H24N2O. The van der Waals surface area contributed by atoms with E-state index in [1.54, 1.807) is 0 Å². The van der Waals surface area contributed by atoms with E-state index < -0.39 is 5.60 Å². The number of para-hydroxylation sites is 1. The van der Waals surface area contributed by atoms with Crippen LogP contribution in [-0.2, 0) is 5.60 Å². The van der Waals surface area contributed by atoms with Gasteiger partial charge in [0.1, 0.15) is 5.75 Å². The van der Waals surface area contributed by atoms with Crippen molar-refractivity contribution in [2.24, 2.45) is 0 Å². The van der Waals surface area contributed by atoms with Crippen LogP contribution in [0.1, 0.15) is 22.3 Å². The summed E-state index contributed by atoms with van der Waals surface area (Å²) in [5.74, 6) is 0.906. The predicted octanol–water partition coefficient (Wildman–Crippen LogP) is 6.87. The van der Waals surface area contributed by atoms with Gasteiger partial charge in [-0.3, -0.25) is 0 Å². The monoisotopic (exact) mass is 428 g/mol. The summed E-state index contributed by atoms with van der Waals surface area (Å²) in [5.41, 5.74) is 11.2. The lowest BCUT2D eigenvalue weighted by Gasteiger charge is -2.39. The number of H-pyrrole nitrogens is 1. The number of anilines is 1. The van der Waals surface area contributed by atoms with E-state index in [0.717, 1.165) is 28.2 Å². The smallest absolute Gasteiger partial charge is 0.188 e. The summed E-state index contributed by atoms with van der Waals surface area (Å²) in [4.78, 5) is 5.95. The van der Waals surface area contributed by atoms with Crippen molar-refractivity contribution < 1.29 is 4.74 Å². The molecule has 3 heteroatoms. The van der Waals surface area contributed by atoms with E-state index in [2.05, 4.69) is 116 Å². The number of aromatic nitrogens is 1. The minimum atomic E-state index is -0.702. The first-order chi connectivity index (χ1) is 16.1. The maximum Gasteiger partial charge on any atom is 0.188 e. The second-order valence-electron chi connectivity index (χ2n) is 9.34. The third-order valence-electron chi connectivity index (χ3n) is 7.21. The van der Waals surface area contributed by atoms with E-state index in [9.17, 15) is 0 Å². The van der Waals surface area contributed by atoms with Crippen LogP contribution in [0, 0.1) is 6.92 Å². The molecule has 0 saturated heterocycles. The summed E-state index contributed by atoms with van der Waals surface area (Å²) >= 11 is 0. The van der Waals surface area contributed by atoms with Crippen LogP contribution in [0.5, 0.6) is 5.75 Å². The largest absolute Gasteiger partial charge is 0.472 e. The van der Waals surface area contributed by atoms with Crippen molar-refractivity contribution in [2.45, 2.75) is 12.5 Å². The summed E-state index contributed by atoms with van der Waals surface area (Å²) < 4.78 is 7.21. The molecule has 0 fully saturated rings. The Morgan fingerprint density at radius 1 is 0.788 bits per heavy atom. The lowest BCUT2D eigenvalue weighted by molar-refractivity contribution is 0.158. The third kappa shape index (κ3) is 2.24. The first-order valence-corrected chi connectivity index (χ1v) is 11.4. The van der Waals surface area contributed by atoms with E-state index in [0.29, 0.717) is 0 Å². The molecule has 0 radical (unpaired) electrons. The van der Waals surface area contributed by atoms with Crippen LogP contribution in [0.2, 0.25) is 0 Å². The molecule has 0 amide bonds. The van der Waals surface area contributed by atoms with Crippen molar-refractivity contribution in [1.29, 1.82) is 0 Å². The normalized spacial score (nSPS) is 17.3. The maximum absolute atomic E-state index is 7.21. The molecule has 4 aromatic carbocycles. The third-order valence-corrected chi connectivity index (χ3v) is 7.21. The van der Waals surface area contributed by atoms with Gasteiger partial charge in [0.15, 0.2) is 5.60 Å². The Hall–Kier alpha value is -3.98.